The van der Waals surface area contributed by atoms with Crippen molar-refractivity contribution < 1.29 is 15.0 Å². The van der Waals surface area contributed by atoms with Crippen molar-refractivity contribution in [2.75, 3.05) is 13.2 Å². The molecular formula is C15H20O3. The van der Waals surface area contributed by atoms with E-state index >= 15 is 0 Å². The van der Waals surface area contributed by atoms with Crippen molar-refractivity contribution in [3.8, 4) is 0 Å². The molecule has 0 fully saturated rings. The average Bonchev–Trinajstić information content (AvgIpc) is 2.58. The SMILES string of the molecule is Cc1cc2c(c(C)c1CCO)C(=O)[C@@](C)(CO)C2. The molecule has 1 atom stereocenters. The quantitative estimate of drug-likeness (QED) is 0.853. The van der Waals surface area contributed by atoms with Crippen molar-refractivity contribution in [3.05, 3.63) is 33.9 Å². The molecule has 3 nitrogen and oxygen atoms in total. The Morgan fingerprint density at radius 2 is 2.00 bits per heavy atom. The lowest BCUT2D eigenvalue weighted by Crippen LogP contribution is -2.28. The number of hydrogen-bond donors (Lipinski definition) is 2. The number of aliphatic hydroxyl groups excluding tert-OH is 2. The van der Waals surface area contributed by atoms with E-state index in [1.54, 1.807) is 0 Å². The lowest BCUT2D eigenvalue weighted by molar-refractivity contribution is 0.0722. The first kappa shape index (κ1) is 13.2. The molecule has 0 aliphatic heterocycles. The predicted molar refractivity (Wildman–Crippen MR) is 69.9 cm³/mol. The van der Waals surface area contributed by atoms with Gasteiger partial charge in [0.2, 0.25) is 0 Å². The highest BCUT2D eigenvalue weighted by atomic mass is 16.3. The highest BCUT2D eigenvalue weighted by Crippen LogP contribution is 2.39. The molecule has 1 aromatic rings. The molecule has 98 valence electrons. The molecule has 0 aromatic heterocycles. The van der Waals surface area contributed by atoms with E-state index in [0.717, 1.165) is 27.8 Å². The van der Waals surface area contributed by atoms with Crippen LogP contribution in [0, 0.1) is 19.3 Å². The summed E-state index contributed by atoms with van der Waals surface area (Å²) in [6.07, 6.45) is 1.19. The molecule has 0 heterocycles. The van der Waals surface area contributed by atoms with Gasteiger partial charge in [0, 0.05) is 12.2 Å². The summed E-state index contributed by atoms with van der Waals surface area (Å²) in [5, 5.41) is 18.5. The Bertz CT molecular complexity index is 505. The van der Waals surface area contributed by atoms with Gasteiger partial charge in [-0.15, -0.1) is 0 Å². The number of benzene rings is 1. The van der Waals surface area contributed by atoms with Crippen LogP contribution >= 0.6 is 0 Å². The second kappa shape index (κ2) is 4.48. The summed E-state index contributed by atoms with van der Waals surface area (Å²) in [4.78, 5) is 12.4. The Balaban J connectivity index is 2.59. The molecule has 0 bridgehead atoms. The lowest BCUT2D eigenvalue weighted by atomic mass is 9.86. The smallest absolute Gasteiger partial charge is 0.171 e. The molecule has 0 saturated carbocycles. The molecule has 0 saturated heterocycles. The van der Waals surface area contributed by atoms with Crippen molar-refractivity contribution in [1.29, 1.82) is 0 Å². The number of carbonyl (C=O) groups excluding carboxylic acids is 1. The summed E-state index contributed by atoms with van der Waals surface area (Å²) < 4.78 is 0. The van der Waals surface area contributed by atoms with Crippen LogP contribution < -0.4 is 0 Å². The highest BCUT2D eigenvalue weighted by Gasteiger charge is 2.42. The zero-order valence-electron chi connectivity index (χ0n) is 11.2. The van der Waals surface area contributed by atoms with Crippen LogP contribution in [0.15, 0.2) is 6.07 Å². The second-order valence-electron chi connectivity index (χ2n) is 5.53. The van der Waals surface area contributed by atoms with Crippen molar-refractivity contribution in [3.63, 3.8) is 0 Å². The number of aryl methyl sites for hydroxylation is 1. The third kappa shape index (κ3) is 1.78. The van der Waals surface area contributed by atoms with Gasteiger partial charge in [-0.3, -0.25) is 4.79 Å². The van der Waals surface area contributed by atoms with Gasteiger partial charge < -0.3 is 10.2 Å². The maximum atomic E-state index is 12.4. The average molecular weight is 248 g/mol. The molecule has 18 heavy (non-hydrogen) atoms. The molecule has 2 rings (SSSR count). The monoisotopic (exact) mass is 248 g/mol. The maximum Gasteiger partial charge on any atom is 0.171 e. The summed E-state index contributed by atoms with van der Waals surface area (Å²) in [5.74, 6) is 0.0386. The van der Waals surface area contributed by atoms with Crippen LogP contribution in [-0.2, 0) is 12.8 Å². The molecule has 0 radical (unpaired) electrons. The maximum absolute atomic E-state index is 12.4. The molecule has 0 unspecified atom stereocenters. The van der Waals surface area contributed by atoms with Crippen LogP contribution in [0.4, 0.5) is 0 Å². The van der Waals surface area contributed by atoms with Crippen molar-refractivity contribution in [2.24, 2.45) is 5.41 Å². The van der Waals surface area contributed by atoms with Crippen molar-refractivity contribution >= 4 is 5.78 Å². The van der Waals surface area contributed by atoms with Gasteiger partial charge in [-0.25, -0.2) is 0 Å². The number of Topliss-reactive ketones (excluding diaryl/α,β-unsaturated/α-hetero) is 1. The topological polar surface area (TPSA) is 57.5 Å². The largest absolute Gasteiger partial charge is 0.396 e. The van der Waals surface area contributed by atoms with Crippen LogP contribution in [0.5, 0.6) is 0 Å². The third-order valence-electron chi connectivity index (χ3n) is 4.08. The summed E-state index contributed by atoms with van der Waals surface area (Å²) in [5.41, 5.74) is 4.29. The molecule has 0 amide bonds. The van der Waals surface area contributed by atoms with E-state index < -0.39 is 5.41 Å². The molecule has 1 aliphatic rings. The minimum atomic E-state index is -0.669. The summed E-state index contributed by atoms with van der Waals surface area (Å²) >= 11 is 0. The Hall–Kier alpha value is -1.19. The molecular weight excluding hydrogens is 228 g/mol. The van der Waals surface area contributed by atoms with Crippen LogP contribution in [-0.4, -0.2) is 29.2 Å². The summed E-state index contributed by atoms with van der Waals surface area (Å²) in [6.45, 7) is 5.74. The van der Waals surface area contributed by atoms with Crippen LogP contribution in [0.2, 0.25) is 0 Å². The van der Waals surface area contributed by atoms with Gasteiger partial charge >= 0.3 is 0 Å². The standard InChI is InChI=1S/C15H20O3/c1-9-6-11-7-15(3,8-17)14(18)13(11)10(2)12(9)4-5-16/h6,16-17H,4-5,7-8H2,1-3H3/t15-/m1/s1. The van der Waals surface area contributed by atoms with E-state index in [9.17, 15) is 9.90 Å². The second-order valence-corrected chi connectivity index (χ2v) is 5.53. The number of carbonyl (C=O) groups is 1. The zero-order chi connectivity index (χ0) is 13.5. The zero-order valence-corrected chi connectivity index (χ0v) is 11.2. The van der Waals surface area contributed by atoms with Crippen LogP contribution in [0.3, 0.4) is 0 Å². The van der Waals surface area contributed by atoms with Gasteiger partial charge in [0.05, 0.1) is 12.0 Å². The number of rotatable bonds is 3. The van der Waals surface area contributed by atoms with Gasteiger partial charge in [-0.1, -0.05) is 6.07 Å². The number of aliphatic hydroxyl groups is 2. The minimum absolute atomic E-state index is 0.0386. The fourth-order valence-corrected chi connectivity index (χ4v) is 2.99. The van der Waals surface area contributed by atoms with Crippen molar-refractivity contribution in [1.82, 2.24) is 0 Å². The first-order valence-corrected chi connectivity index (χ1v) is 6.33. The van der Waals surface area contributed by atoms with Crippen LogP contribution in [0.1, 0.15) is 39.5 Å². The molecule has 0 spiro atoms. The van der Waals surface area contributed by atoms with Crippen molar-refractivity contribution in [2.45, 2.75) is 33.6 Å². The van der Waals surface area contributed by atoms with Gasteiger partial charge in [0.15, 0.2) is 5.78 Å². The van der Waals surface area contributed by atoms with Gasteiger partial charge in [0.25, 0.3) is 0 Å². The Labute approximate surface area is 107 Å². The van der Waals surface area contributed by atoms with E-state index in [2.05, 4.69) is 0 Å². The van der Waals surface area contributed by atoms with E-state index in [0.29, 0.717) is 12.8 Å². The number of fused-ring (bicyclic) bond motifs is 1. The van der Waals surface area contributed by atoms with E-state index in [4.69, 9.17) is 5.11 Å². The molecule has 1 aromatic carbocycles. The Morgan fingerprint density at radius 1 is 1.33 bits per heavy atom. The van der Waals surface area contributed by atoms with Gasteiger partial charge in [-0.2, -0.15) is 0 Å². The van der Waals surface area contributed by atoms with Crippen LogP contribution in [0.25, 0.3) is 0 Å². The fourth-order valence-electron chi connectivity index (χ4n) is 2.99. The fraction of sp³-hybridized carbons (Fsp3) is 0.533. The predicted octanol–water partition coefficient (Wildman–Crippen LogP) is 1.58. The minimum Gasteiger partial charge on any atom is -0.396 e. The molecule has 1 aliphatic carbocycles. The first-order valence-electron chi connectivity index (χ1n) is 6.33. The van der Waals surface area contributed by atoms with E-state index in [1.165, 1.54) is 0 Å². The highest BCUT2D eigenvalue weighted by molar-refractivity contribution is 6.06. The third-order valence-corrected chi connectivity index (χ3v) is 4.08. The Kier molecular flexibility index (Phi) is 3.30. The number of ketones is 1. The molecule has 3 heteroatoms. The normalized spacial score (nSPS) is 22.4. The first-order chi connectivity index (χ1) is 8.44. The number of hydrogen-bond acceptors (Lipinski definition) is 3. The molecule has 2 N–H and O–H groups in total. The Morgan fingerprint density at radius 3 is 2.56 bits per heavy atom. The van der Waals surface area contributed by atoms with E-state index in [-0.39, 0.29) is 19.0 Å². The lowest BCUT2D eigenvalue weighted by Gasteiger charge is -2.17. The van der Waals surface area contributed by atoms with Gasteiger partial charge in [0.1, 0.15) is 0 Å². The summed E-state index contributed by atoms with van der Waals surface area (Å²) in [7, 11) is 0. The van der Waals surface area contributed by atoms with Gasteiger partial charge in [-0.05, 0) is 55.9 Å². The van der Waals surface area contributed by atoms with E-state index in [1.807, 2.05) is 26.8 Å². The summed E-state index contributed by atoms with van der Waals surface area (Å²) in [6, 6.07) is 2.03.